The van der Waals surface area contributed by atoms with Gasteiger partial charge in [-0.3, -0.25) is 14.3 Å². The Balaban J connectivity index is 2.82. The number of phosphoric acid groups is 1. The van der Waals surface area contributed by atoms with Crippen molar-refractivity contribution in [2.75, 3.05) is 6.61 Å². The fourth-order valence-electron chi connectivity index (χ4n) is 1.26. The molecule has 0 radical (unpaired) electrons. The van der Waals surface area contributed by atoms with Crippen LogP contribution in [0, 0.1) is 6.92 Å². The summed E-state index contributed by atoms with van der Waals surface area (Å²) in [5, 5.41) is 9.55. The van der Waals surface area contributed by atoms with Crippen molar-refractivity contribution in [2.24, 2.45) is 0 Å². The van der Waals surface area contributed by atoms with Crippen LogP contribution >= 0.6 is 7.82 Å². The number of aldehydes is 1. The van der Waals surface area contributed by atoms with Gasteiger partial charge in [0.15, 0.2) is 6.29 Å². The largest absolute Gasteiger partial charge is 0.505 e. The quantitative estimate of drug-likeness (QED) is 0.523. The number of hydrogen-bond acceptors (Lipinski definition) is 5. The molecule has 94 valence electrons. The zero-order valence-corrected chi connectivity index (χ0v) is 9.92. The number of carbonyl (C=O) groups excluding carboxylic acids is 1. The Morgan fingerprint density at radius 3 is 2.71 bits per heavy atom. The lowest BCUT2D eigenvalue weighted by atomic mass is 10.1. The SMILES string of the molecule is Cc1ncc(CCOP(=O)(O)O)c(C=O)c1O. The van der Waals surface area contributed by atoms with Gasteiger partial charge in [-0.2, -0.15) is 0 Å². The molecule has 0 atom stereocenters. The molecule has 7 nitrogen and oxygen atoms in total. The molecule has 17 heavy (non-hydrogen) atoms. The van der Waals surface area contributed by atoms with Gasteiger partial charge in [-0.05, 0) is 18.9 Å². The molecule has 0 aliphatic heterocycles. The lowest BCUT2D eigenvalue weighted by molar-refractivity contribution is 0.111. The molecule has 0 aliphatic carbocycles. The van der Waals surface area contributed by atoms with Crippen molar-refractivity contribution < 1.29 is 28.8 Å². The highest BCUT2D eigenvalue weighted by atomic mass is 31.2. The van der Waals surface area contributed by atoms with Crippen LogP contribution in [0.15, 0.2) is 6.20 Å². The highest BCUT2D eigenvalue weighted by Crippen LogP contribution is 2.35. The molecule has 3 N–H and O–H groups in total. The predicted molar refractivity (Wildman–Crippen MR) is 57.7 cm³/mol. The van der Waals surface area contributed by atoms with Crippen molar-refractivity contribution in [1.82, 2.24) is 4.98 Å². The summed E-state index contributed by atoms with van der Waals surface area (Å²) in [7, 11) is -4.52. The van der Waals surface area contributed by atoms with Crippen LogP contribution < -0.4 is 0 Å². The zero-order chi connectivity index (χ0) is 13.1. The Morgan fingerprint density at radius 1 is 1.53 bits per heavy atom. The lowest BCUT2D eigenvalue weighted by Crippen LogP contribution is -2.02. The fraction of sp³-hybridized carbons (Fsp3) is 0.333. The molecule has 1 aromatic rings. The van der Waals surface area contributed by atoms with Crippen molar-refractivity contribution in [3.05, 3.63) is 23.0 Å². The number of hydrogen-bond donors (Lipinski definition) is 3. The Hall–Kier alpha value is -1.27. The van der Waals surface area contributed by atoms with E-state index in [1.807, 2.05) is 0 Å². The van der Waals surface area contributed by atoms with Crippen LogP contribution in [0.2, 0.25) is 0 Å². The minimum Gasteiger partial charge on any atom is -0.505 e. The van der Waals surface area contributed by atoms with Crippen molar-refractivity contribution in [2.45, 2.75) is 13.3 Å². The van der Waals surface area contributed by atoms with Gasteiger partial charge in [0.25, 0.3) is 0 Å². The second-order valence-electron chi connectivity index (χ2n) is 3.32. The smallest absolute Gasteiger partial charge is 0.469 e. The van der Waals surface area contributed by atoms with Crippen LogP contribution in [-0.4, -0.2) is 32.8 Å². The summed E-state index contributed by atoms with van der Waals surface area (Å²) in [6.07, 6.45) is 1.90. The van der Waals surface area contributed by atoms with Crippen LogP contribution in [-0.2, 0) is 15.5 Å². The Labute approximate surface area is 97.3 Å². The number of rotatable bonds is 5. The first kappa shape index (κ1) is 13.8. The molecular weight excluding hydrogens is 249 g/mol. The van der Waals surface area contributed by atoms with Crippen LogP contribution in [0.3, 0.4) is 0 Å². The molecular formula is C9H12NO6P. The van der Waals surface area contributed by atoms with E-state index in [0.717, 1.165) is 0 Å². The number of nitrogens with zero attached hydrogens (tertiary/aromatic N) is 1. The summed E-state index contributed by atoms with van der Waals surface area (Å²) in [6.45, 7) is 1.27. The third-order valence-electron chi connectivity index (χ3n) is 2.11. The maximum Gasteiger partial charge on any atom is 0.469 e. The minimum absolute atomic E-state index is 0.0619. The van der Waals surface area contributed by atoms with Gasteiger partial charge in [0.2, 0.25) is 0 Å². The molecule has 0 amide bonds. The molecule has 0 unspecified atom stereocenters. The maximum absolute atomic E-state index is 10.8. The standard InChI is InChI=1S/C9H12NO6P/c1-6-9(12)8(5-11)7(4-10-6)2-3-16-17(13,14)15/h4-5,12H,2-3H2,1H3,(H2,13,14,15). The maximum atomic E-state index is 10.8. The third-order valence-corrected chi connectivity index (χ3v) is 2.63. The molecule has 1 heterocycles. The average Bonchev–Trinajstić information content (AvgIpc) is 2.22. The molecule has 0 aliphatic rings. The van der Waals surface area contributed by atoms with Crippen molar-refractivity contribution in [3.63, 3.8) is 0 Å². The first-order valence-electron chi connectivity index (χ1n) is 4.68. The molecule has 0 aromatic carbocycles. The van der Waals surface area contributed by atoms with Crippen molar-refractivity contribution in [1.29, 1.82) is 0 Å². The molecule has 8 heteroatoms. The minimum atomic E-state index is -4.52. The van der Waals surface area contributed by atoms with Crippen LogP contribution in [0.4, 0.5) is 0 Å². The fourth-order valence-corrected chi connectivity index (χ4v) is 1.59. The van der Waals surface area contributed by atoms with Crippen LogP contribution in [0.1, 0.15) is 21.6 Å². The zero-order valence-electron chi connectivity index (χ0n) is 9.03. The normalized spacial score (nSPS) is 11.5. The van der Waals surface area contributed by atoms with E-state index >= 15 is 0 Å². The molecule has 0 fully saturated rings. The van der Waals surface area contributed by atoms with E-state index in [0.29, 0.717) is 17.5 Å². The van der Waals surface area contributed by atoms with Gasteiger partial charge in [0, 0.05) is 6.20 Å². The third kappa shape index (κ3) is 3.90. The van der Waals surface area contributed by atoms with E-state index in [2.05, 4.69) is 9.51 Å². The molecule has 1 aromatic heterocycles. The molecule has 1 rings (SSSR count). The van der Waals surface area contributed by atoms with E-state index in [9.17, 15) is 14.5 Å². The van der Waals surface area contributed by atoms with Gasteiger partial charge in [-0.25, -0.2) is 4.57 Å². The van der Waals surface area contributed by atoms with Gasteiger partial charge in [0.05, 0.1) is 17.9 Å². The lowest BCUT2D eigenvalue weighted by Gasteiger charge is -2.09. The number of phosphoric ester groups is 1. The Bertz CT molecular complexity index is 469. The van der Waals surface area contributed by atoms with Crippen LogP contribution in [0.25, 0.3) is 0 Å². The highest BCUT2D eigenvalue weighted by molar-refractivity contribution is 7.46. The molecule has 0 spiro atoms. The predicted octanol–water partition coefficient (Wildman–Crippen LogP) is 0.560. The second kappa shape index (κ2) is 5.37. The van der Waals surface area contributed by atoms with E-state index in [1.165, 1.54) is 13.1 Å². The Morgan fingerprint density at radius 2 is 2.18 bits per heavy atom. The highest BCUT2D eigenvalue weighted by Gasteiger charge is 2.15. The van der Waals surface area contributed by atoms with Crippen molar-refractivity contribution in [3.8, 4) is 5.75 Å². The van der Waals surface area contributed by atoms with E-state index in [4.69, 9.17) is 9.79 Å². The van der Waals surface area contributed by atoms with E-state index in [1.54, 1.807) is 0 Å². The number of carbonyl (C=O) groups is 1. The number of pyridine rings is 1. The van der Waals surface area contributed by atoms with Gasteiger partial charge in [0.1, 0.15) is 5.75 Å². The average molecular weight is 261 g/mol. The van der Waals surface area contributed by atoms with Gasteiger partial charge in [-0.15, -0.1) is 0 Å². The van der Waals surface area contributed by atoms with E-state index < -0.39 is 7.82 Å². The molecule has 0 saturated carbocycles. The summed E-state index contributed by atoms with van der Waals surface area (Å²) in [6, 6.07) is 0. The summed E-state index contributed by atoms with van der Waals surface area (Å²) < 4.78 is 14.7. The van der Waals surface area contributed by atoms with Crippen LogP contribution in [0.5, 0.6) is 5.75 Å². The first-order chi connectivity index (χ1) is 7.85. The first-order valence-corrected chi connectivity index (χ1v) is 6.21. The van der Waals surface area contributed by atoms with Gasteiger partial charge in [-0.1, -0.05) is 0 Å². The van der Waals surface area contributed by atoms with Gasteiger partial charge >= 0.3 is 7.82 Å². The molecule has 0 bridgehead atoms. The molecule has 0 saturated heterocycles. The topological polar surface area (TPSA) is 117 Å². The van der Waals surface area contributed by atoms with E-state index in [-0.39, 0.29) is 24.3 Å². The summed E-state index contributed by atoms with van der Waals surface area (Å²) in [5.41, 5.74) is 0.745. The summed E-state index contributed by atoms with van der Waals surface area (Å²) in [5.74, 6) is -0.228. The van der Waals surface area contributed by atoms with Gasteiger partial charge < -0.3 is 14.9 Å². The summed E-state index contributed by atoms with van der Waals surface area (Å²) in [4.78, 5) is 31.6. The number of aromatic hydroxyl groups is 1. The Kier molecular flexibility index (Phi) is 4.36. The monoisotopic (exact) mass is 261 g/mol. The van der Waals surface area contributed by atoms with Crippen molar-refractivity contribution >= 4 is 14.1 Å². The summed E-state index contributed by atoms with van der Waals surface area (Å²) >= 11 is 0. The number of aryl methyl sites for hydroxylation is 1. The number of aromatic nitrogens is 1. The second-order valence-corrected chi connectivity index (χ2v) is 4.56.